The average Bonchev–Trinajstić information content (AvgIpc) is 2.84. The molecule has 0 fully saturated rings. The molecule has 2 N–H and O–H groups in total. The lowest BCUT2D eigenvalue weighted by Crippen LogP contribution is -1.96. The van der Waals surface area contributed by atoms with E-state index in [0.29, 0.717) is 22.6 Å². The first-order valence-corrected chi connectivity index (χ1v) is 6.39. The Balaban J connectivity index is 2.18. The number of carboxylic acids is 1. The molecule has 0 aliphatic heterocycles. The fourth-order valence-electron chi connectivity index (χ4n) is 1.83. The highest BCUT2D eigenvalue weighted by Gasteiger charge is 2.13. The quantitative estimate of drug-likeness (QED) is 0.753. The summed E-state index contributed by atoms with van der Waals surface area (Å²) in [6.07, 6.45) is 1.23. The van der Waals surface area contributed by atoms with Crippen LogP contribution in [0.5, 0.6) is 0 Å². The summed E-state index contributed by atoms with van der Waals surface area (Å²) in [5, 5.41) is 8.92. The smallest absolute Gasteiger partial charge is 0.337 e. The van der Waals surface area contributed by atoms with Crippen LogP contribution in [0.3, 0.4) is 0 Å². The Labute approximate surface area is 120 Å². The predicted octanol–water partition coefficient (Wildman–Crippen LogP) is 3.22. The number of aromatic nitrogens is 3. The van der Waals surface area contributed by atoms with Crippen LogP contribution in [-0.4, -0.2) is 26.0 Å². The van der Waals surface area contributed by atoms with Crippen LogP contribution in [0.1, 0.15) is 10.4 Å². The number of nitrogens with one attached hydrogen (secondary N) is 1. The van der Waals surface area contributed by atoms with E-state index in [0.717, 1.165) is 0 Å². The number of fused-ring (bicyclic) bond motifs is 1. The summed E-state index contributed by atoms with van der Waals surface area (Å²) in [6.45, 7) is 0. The first kappa shape index (κ1) is 12.7. The highest BCUT2D eigenvalue weighted by Crippen LogP contribution is 2.29. The van der Waals surface area contributed by atoms with Crippen LogP contribution in [-0.2, 0) is 0 Å². The molecule has 3 aromatic rings. The van der Waals surface area contributed by atoms with Crippen LogP contribution in [0.2, 0.25) is 0 Å². The Morgan fingerprint density at radius 1 is 1.40 bits per heavy atom. The molecule has 3 rings (SSSR count). The van der Waals surface area contributed by atoms with Gasteiger partial charge in [0, 0.05) is 11.8 Å². The summed E-state index contributed by atoms with van der Waals surface area (Å²) in [5.41, 5.74) is 1.46. The maximum Gasteiger partial charge on any atom is 0.337 e. The fourth-order valence-corrected chi connectivity index (χ4v) is 2.28. The topological polar surface area (TPSA) is 78.9 Å². The monoisotopic (exact) mass is 335 g/mol. The minimum atomic E-state index is -1.07. The lowest BCUT2D eigenvalue weighted by atomic mass is 10.2. The molecule has 2 heterocycles. The third-order valence-electron chi connectivity index (χ3n) is 2.79. The number of halogens is 2. The van der Waals surface area contributed by atoms with E-state index in [4.69, 9.17) is 5.11 Å². The Kier molecular flexibility index (Phi) is 2.98. The zero-order valence-electron chi connectivity index (χ0n) is 9.89. The molecule has 5 nitrogen and oxygen atoms in total. The molecule has 0 unspecified atom stereocenters. The van der Waals surface area contributed by atoms with Crippen LogP contribution >= 0.6 is 15.9 Å². The van der Waals surface area contributed by atoms with Gasteiger partial charge in [-0.05, 0) is 34.1 Å². The Morgan fingerprint density at radius 2 is 2.20 bits per heavy atom. The SMILES string of the molecule is O=C(O)c1cnc2nc(-c3cccc(F)c3Br)[nH]c2c1. The first-order valence-electron chi connectivity index (χ1n) is 5.59. The van der Waals surface area contributed by atoms with Gasteiger partial charge in [-0.1, -0.05) is 6.07 Å². The largest absolute Gasteiger partial charge is 0.478 e. The molecule has 0 aliphatic carbocycles. The highest BCUT2D eigenvalue weighted by molar-refractivity contribution is 9.10. The number of hydrogen-bond acceptors (Lipinski definition) is 3. The summed E-state index contributed by atoms with van der Waals surface area (Å²) in [7, 11) is 0. The summed E-state index contributed by atoms with van der Waals surface area (Å²) < 4.78 is 13.8. The predicted molar refractivity (Wildman–Crippen MR) is 73.9 cm³/mol. The number of imidazole rings is 1. The number of pyridine rings is 1. The third kappa shape index (κ3) is 2.05. The zero-order valence-corrected chi connectivity index (χ0v) is 11.5. The number of carbonyl (C=O) groups is 1. The van der Waals surface area contributed by atoms with Gasteiger partial charge in [-0.3, -0.25) is 0 Å². The summed E-state index contributed by atoms with van der Waals surface area (Å²) >= 11 is 3.16. The molecule has 0 atom stereocenters. The van der Waals surface area contributed by atoms with Crippen molar-refractivity contribution in [3.63, 3.8) is 0 Å². The molecule has 1 aromatic carbocycles. The molecule has 2 aromatic heterocycles. The van der Waals surface area contributed by atoms with Crippen LogP contribution in [0.25, 0.3) is 22.6 Å². The highest BCUT2D eigenvalue weighted by atomic mass is 79.9. The van der Waals surface area contributed by atoms with Crippen molar-refractivity contribution in [2.24, 2.45) is 0 Å². The maximum atomic E-state index is 13.5. The minimum Gasteiger partial charge on any atom is -0.478 e. The van der Waals surface area contributed by atoms with Gasteiger partial charge >= 0.3 is 5.97 Å². The standard InChI is InChI=1S/C13H7BrFN3O2/c14-10-7(2-1-3-8(10)15)11-17-9-4-6(13(19)20)5-16-12(9)18-11/h1-5H,(H,19,20)(H,16,17,18). The van der Waals surface area contributed by atoms with Crippen molar-refractivity contribution in [3.8, 4) is 11.4 Å². The van der Waals surface area contributed by atoms with Gasteiger partial charge in [0.1, 0.15) is 11.6 Å². The van der Waals surface area contributed by atoms with Gasteiger partial charge in [-0.2, -0.15) is 0 Å². The Bertz CT molecular complexity index is 832. The number of aromatic amines is 1. The van der Waals surface area contributed by atoms with Crippen molar-refractivity contribution < 1.29 is 14.3 Å². The number of rotatable bonds is 2. The molecule has 0 saturated carbocycles. The Hall–Kier alpha value is -2.28. The van der Waals surface area contributed by atoms with Crippen molar-refractivity contribution in [1.82, 2.24) is 15.0 Å². The number of H-pyrrole nitrogens is 1. The molecule has 7 heteroatoms. The molecule has 0 saturated heterocycles. The molecular weight excluding hydrogens is 329 g/mol. The van der Waals surface area contributed by atoms with Crippen LogP contribution in [0, 0.1) is 5.82 Å². The number of benzene rings is 1. The fraction of sp³-hybridized carbons (Fsp3) is 0. The minimum absolute atomic E-state index is 0.0611. The molecule has 20 heavy (non-hydrogen) atoms. The van der Waals surface area contributed by atoms with Crippen LogP contribution < -0.4 is 0 Å². The van der Waals surface area contributed by atoms with Crippen molar-refractivity contribution in [3.05, 3.63) is 46.3 Å². The molecule has 100 valence electrons. The van der Waals surface area contributed by atoms with E-state index in [2.05, 4.69) is 30.9 Å². The van der Waals surface area contributed by atoms with E-state index < -0.39 is 11.8 Å². The lowest BCUT2D eigenvalue weighted by molar-refractivity contribution is 0.0696. The van der Waals surface area contributed by atoms with E-state index >= 15 is 0 Å². The van der Waals surface area contributed by atoms with Crippen molar-refractivity contribution in [1.29, 1.82) is 0 Å². The second kappa shape index (κ2) is 4.68. The third-order valence-corrected chi connectivity index (χ3v) is 3.60. The summed E-state index contributed by atoms with van der Waals surface area (Å²) in [4.78, 5) is 22.0. The van der Waals surface area contributed by atoms with E-state index in [9.17, 15) is 9.18 Å². The van der Waals surface area contributed by atoms with Gasteiger partial charge in [0.05, 0.1) is 15.6 Å². The van der Waals surface area contributed by atoms with Crippen molar-refractivity contribution >= 4 is 33.1 Å². The van der Waals surface area contributed by atoms with E-state index in [1.807, 2.05) is 0 Å². The van der Waals surface area contributed by atoms with E-state index in [1.54, 1.807) is 12.1 Å². The summed E-state index contributed by atoms with van der Waals surface area (Å²) in [6, 6.07) is 6.03. The second-order valence-corrected chi connectivity index (χ2v) is 4.88. The number of hydrogen-bond donors (Lipinski definition) is 2. The molecule has 0 radical (unpaired) electrons. The Morgan fingerprint density at radius 3 is 2.95 bits per heavy atom. The number of nitrogens with zero attached hydrogens (tertiary/aromatic N) is 2. The number of aromatic carboxylic acids is 1. The molecular formula is C13H7BrFN3O2. The van der Waals surface area contributed by atoms with Gasteiger partial charge < -0.3 is 10.1 Å². The van der Waals surface area contributed by atoms with Gasteiger partial charge in [0.15, 0.2) is 5.65 Å². The zero-order chi connectivity index (χ0) is 14.3. The summed E-state index contributed by atoms with van der Waals surface area (Å²) in [5.74, 6) is -1.05. The second-order valence-electron chi connectivity index (χ2n) is 4.09. The average molecular weight is 336 g/mol. The molecule has 0 amide bonds. The molecule has 0 aliphatic rings. The molecule has 0 bridgehead atoms. The maximum absolute atomic E-state index is 13.5. The van der Waals surface area contributed by atoms with E-state index in [-0.39, 0.29) is 10.0 Å². The first-order chi connectivity index (χ1) is 9.56. The number of carboxylic acid groups (broad SMARTS) is 1. The molecule has 0 spiro atoms. The van der Waals surface area contributed by atoms with Crippen molar-refractivity contribution in [2.45, 2.75) is 0 Å². The van der Waals surface area contributed by atoms with Crippen LogP contribution in [0.4, 0.5) is 4.39 Å². The van der Waals surface area contributed by atoms with Gasteiger partial charge in [-0.25, -0.2) is 19.2 Å². The van der Waals surface area contributed by atoms with Gasteiger partial charge in [0.25, 0.3) is 0 Å². The van der Waals surface area contributed by atoms with Crippen LogP contribution in [0.15, 0.2) is 34.9 Å². The van der Waals surface area contributed by atoms with Gasteiger partial charge in [0.2, 0.25) is 0 Å². The lowest BCUT2D eigenvalue weighted by Gasteiger charge is -2.00. The van der Waals surface area contributed by atoms with Gasteiger partial charge in [-0.15, -0.1) is 0 Å². The van der Waals surface area contributed by atoms with E-state index in [1.165, 1.54) is 18.3 Å². The normalized spacial score (nSPS) is 10.9. The van der Waals surface area contributed by atoms with Crippen molar-refractivity contribution in [2.75, 3.05) is 0 Å².